The molecule has 3 atom stereocenters. The predicted molar refractivity (Wildman–Crippen MR) is 272 cm³/mol. The molecule has 0 aromatic heterocycles. The van der Waals surface area contributed by atoms with Crippen LogP contribution in [0.15, 0.2) is 72.9 Å². The van der Waals surface area contributed by atoms with E-state index in [1.807, 2.05) is 0 Å². The highest BCUT2D eigenvalue weighted by molar-refractivity contribution is 7.47. The van der Waals surface area contributed by atoms with Crippen molar-refractivity contribution in [2.45, 2.75) is 231 Å². The molecule has 0 rings (SSSR count). The minimum absolute atomic E-state index is 0.142. The lowest BCUT2D eigenvalue weighted by Gasteiger charge is -2.18. The Morgan fingerprint density at radius 1 is 0.500 bits per heavy atom. The SMILES string of the molecule is CC/C=C\C/C=C\C/C=C\C/C=C\C/C=C\CCCCCCCC(=O)OCC(O)COP(=O)(O)OCC(NC(=O)CCCCCCCCCCCCC/C=C/CCCCCCCC)C(=O)O. The van der Waals surface area contributed by atoms with E-state index in [-0.39, 0.29) is 12.8 Å². The third kappa shape index (κ3) is 47.4. The molecule has 12 heteroatoms. The standard InChI is InChI=1S/C54H94NO10P/c1-3-5-7-9-11-13-15-17-19-21-23-25-27-29-31-33-35-37-39-41-43-45-52(57)55-51(54(59)60)49-65-66(61,62)64-48-50(56)47-63-53(58)46-44-42-40-38-36-34-32-30-28-26-24-22-20-18-16-14-12-10-8-6-4-2/h6,8,12,14,17-20,24,26,30,32,50-51,56H,3-5,7,9-11,13,15-16,21-23,25,27-29,31,33-49H2,1-2H3,(H,55,57)(H,59,60)(H,61,62)/b8-6-,14-12-,19-17+,20-18-,26-24-,32-30-. The number of amides is 1. The Morgan fingerprint density at radius 2 is 0.879 bits per heavy atom. The van der Waals surface area contributed by atoms with Gasteiger partial charge in [0.15, 0.2) is 6.04 Å². The summed E-state index contributed by atoms with van der Waals surface area (Å²) < 4.78 is 26.9. The van der Waals surface area contributed by atoms with Gasteiger partial charge in [0, 0.05) is 12.8 Å². The Bertz CT molecular complexity index is 1390. The zero-order chi connectivity index (χ0) is 48.4. The molecule has 0 heterocycles. The summed E-state index contributed by atoms with van der Waals surface area (Å²) in [5.41, 5.74) is 0. The number of carbonyl (C=O) groups excluding carboxylic acids is 2. The van der Waals surface area contributed by atoms with E-state index in [1.165, 1.54) is 96.3 Å². The molecule has 380 valence electrons. The lowest BCUT2D eigenvalue weighted by molar-refractivity contribution is -0.147. The maximum Gasteiger partial charge on any atom is 0.472 e. The fourth-order valence-corrected chi connectivity index (χ4v) is 7.76. The van der Waals surface area contributed by atoms with Gasteiger partial charge in [-0.1, -0.05) is 196 Å². The molecule has 0 aliphatic rings. The zero-order valence-corrected chi connectivity index (χ0v) is 42.4. The molecule has 4 N–H and O–H groups in total. The Hall–Kier alpha value is -3.08. The van der Waals surface area contributed by atoms with E-state index in [4.69, 9.17) is 13.8 Å². The van der Waals surface area contributed by atoms with Gasteiger partial charge in [0.2, 0.25) is 5.91 Å². The molecule has 1 amide bonds. The zero-order valence-electron chi connectivity index (χ0n) is 41.5. The molecule has 0 aliphatic heterocycles. The molecule has 0 aromatic rings. The van der Waals surface area contributed by atoms with Crippen molar-refractivity contribution in [2.24, 2.45) is 0 Å². The smallest absolute Gasteiger partial charge is 0.472 e. The third-order valence-corrected chi connectivity index (χ3v) is 11.9. The van der Waals surface area contributed by atoms with E-state index in [1.54, 1.807) is 0 Å². The Kier molecular flexibility index (Phi) is 46.1. The number of allylic oxidation sites excluding steroid dienone is 12. The number of ether oxygens (including phenoxy) is 1. The van der Waals surface area contributed by atoms with Crippen LogP contribution in [0.2, 0.25) is 0 Å². The highest BCUT2D eigenvalue weighted by Crippen LogP contribution is 2.43. The van der Waals surface area contributed by atoms with E-state index >= 15 is 0 Å². The fraction of sp³-hybridized carbons (Fsp3) is 0.722. The van der Waals surface area contributed by atoms with Crippen LogP contribution in [-0.4, -0.2) is 64.9 Å². The second kappa shape index (κ2) is 48.4. The van der Waals surface area contributed by atoms with Crippen LogP contribution in [0.25, 0.3) is 0 Å². The highest BCUT2D eigenvalue weighted by atomic mass is 31.2. The molecular weight excluding hydrogens is 854 g/mol. The van der Waals surface area contributed by atoms with Crippen molar-refractivity contribution in [3.8, 4) is 0 Å². The number of phosphoric acid groups is 1. The van der Waals surface area contributed by atoms with Crippen molar-refractivity contribution in [1.29, 1.82) is 0 Å². The van der Waals surface area contributed by atoms with Crippen molar-refractivity contribution < 1.29 is 47.8 Å². The van der Waals surface area contributed by atoms with Gasteiger partial charge >= 0.3 is 19.8 Å². The van der Waals surface area contributed by atoms with Gasteiger partial charge in [-0.2, -0.15) is 0 Å². The summed E-state index contributed by atoms with van der Waals surface area (Å²) >= 11 is 0. The minimum Gasteiger partial charge on any atom is -0.480 e. The Labute approximate surface area is 401 Å². The summed E-state index contributed by atoms with van der Waals surface area (Å²) in [6.07, 6.45) is 59.2. The molecular formula is C54H94NO10P. The number of nitrogens with one attached hydrogen (secondary N) is 1. The molecule has 66 heavy (non-hydrogen) atoms. The molecule has 0 saturated carbocycles. The summed E-state index contributed by atoms with van der Waals surface area (Å²) in [5.74, 6) is -2.39. The van der Waals surface area contributed by atoms with E-state index in [0.29, 0.717) is 12.8 Å². The minimum atomic E-state index is -4.77. The number of carbonyl (C=O) groups is 3. The number of esters is 1. The molecule has 0 radical (unpaired) electrons. The van der Waals surface area contributed by atoms with Gasteiger partial charge in [0.05, 0.1) is 13.2 Å². The molecule has 0 spiro atoms. The predicted octanol–water partition coefficient (Wildman–Crippen LogP) is 14.5. The van der Waals surface area contributed by atoms with Gasteiger partial charge in [-0.3, -0.25) is 18.6 Å². The number of carboxylic acids is 1. The van der Waals surface area contributed by atoms with Crippen LogP contribution >= 0.6 is 7.82 Å². The second-order valence-corrected chi connectivity index (χ2v) is 18.8. The number of aliphatic hydroxyl groups is 1. The average molecular weight is 948 g/mol. The lowest BCUT2D eigenvalue weighted by atomic mass is 10.0. The first-order valence-corrected chi connectivity index (χ1v) is 27.5. The van der Waals surface area contributed by atoms with Crippen LogP contribution in [0.4, 0.5) is 0 Å². The normalized spacial score (nSPS) is 14.1. The lowest BCUT2D eigenvalue weighted by Crippen LogP contribution is -2.43. The molecule has 0 aliphatic carbocycles. The van der Waals surface area contributed by atoms with Gasteiger partial charge in [0.1, 0.15) is 12.7 Å². The number of aliphatic carboxylic acids is 1. The third-order valence-electron chi connectivity index (χ3n) is 11.0. The van der Waals surface area contributed by atoms with Crippen LogP contribution in [0, 0.1) is 0 Å². The largest absolute Gasteiger partial charge is 0.480 e. The van der Waals surface area contributed by atoms with Gasteiger partial charge in [0.25, 0.3) is 0 Å². The van der Waals surface area contributed by atoms with Gasteiger partial charge < -0.3 is 25.2 Å². The van der Waals surface area contributed by atoms with Gasteiger partial charge in [-0.05, 0) is 83.5 Å². The fourth-order valence-electron chi connectivity index (χ4n) is 6.98. The van der Waals surface area contributed by atoms with E-state index in [2.05, 4.69) is 92.1 Å². The summed E-state index contributed by atoms with van der Waals surface area (Å²) in [6.45, 7) is 2.48. The first kappa shape index (κ1) is 62.9. The number of aliphatic hydroxyl groups excluding tert-OH is 1. The van der Waals surface area contributed by atoms with Gasteiger partial charge in [-0.25, -0.2) is 9.36 Å². The number of hydrogen-bond acceptors (Lipinski definition) is 8. The second-order valence-electron chi connectivity index (χ2n) is 17.3. The van der Waals surface area contributed by atoms with Gasteiger partial charge in [-0.15, -0.1) is 0 Å². The molecule has 0 bridgehead atoms. The molecule has 0 saturated heterocycles. The Morgan fingerprint density at radius 3 is 1.33 bits per heavy atom. The number of carboxylic acid groups (broad SMARTS) is 1. The number of phosphoric ester groups is 1. The molecule has 3 unspecified atom stereocenters. The summed E-state index contributed by atoms with van der Waals surface area (Å²) in [4.78, 5) is 46.2. The summed E-state index contributed by atoms with van der Waals surface area (Å²) in [5, 5.41) is 21.9. The quantitative estimate of drug-likeness (QED) is 0.0199. The topological polar surface area (TPSA) is 169 Å². The first-order chi connectivity index (χ1) is 32.1. The Balaban J connectivity index is 3.86. The first-order valence-electron chi connectivity index (χ1n) is 26.0. The van der Waals surface area contributed by atoms with Crippen molar-refractivity contribution in [2.75, 3.05) is 19.8 Å². The van der Waals surface area contributed by atoms with Crippen LogP contribution in [-0.2, 0) is 32.7 Å². The number of hydrogen-bond donors (Lipinski definition) is 4. The van der Waals surface area contributed by atoms with Crippen LogP contribution in [0.1, 0.15) is 219 Å². The molecule has 0 fully saturated rings. The van der Waals surface area contributed by atoms with E-state index in [0.717, 1.165) is 83.5 Å². The number of unbranched alkanes of at least 4 members (excludes halogenated alkanes) is 22. The number of rotatable bonds is 48. The van der Waals surface area contributed by atoms with Crippen molar-refractivity contribution in [1.82, 2.24) is 5.32 Å². The van der Waals surface area contributed by atoms with Crippen LogP contribution in [0.3, 0.4) is 0 Å². The monoisotopic (exact) mass is 948 g/mol. The maximum atomic E-state index is 12.4. The van der Waals surface area contributed by atoms with E-state index < -0.39 is 57.6 Å². The average Bonchev–Trinajstić information content (AvgIpc) is 3.29. The highest BCUT2D eigenvalue weighted by Gasteiger charge is 2.28. The van der Waals surface area contributed by atoms with E-state index in [9.17, 15) is 34.1 Å². The van der Waals surface area contributed by atoms with Crippen molar-refractivity contribution in [3.05, 3.63) is 72.9 Å². The van der Waals surface area contributed by atoms with Crippen molar-refractivity contribution >= 4 is 25.7 Å². The molecule has 11 nitrogen and oxygen atoms in total. The van der Waals surface area contributed by atoms with Crippen LogP contribution in [0.5, 0.6) is 0 Å². The van der Waals surface area contributed by atoms with Crippen molar-refractivity contribution in [3.63, 3.8) is 0 Å². The molecule has 0 aromatic carbocycles. The summed E-state index contributed by atoms with van der Waals surface area (Å²) in [7, 11) is -4.77. The summed E-state index contributed by atoms with van der Waals surface area (Å²) in [6, 6.07) is -1.55. The maximum absolute atomic E-state index is 12.4. The van der Waals surface area contributed by atoms with Crippen LogP contribution < -0.4 is 5.32 Å².